The van der Waals surface area contributed by atoms with Gasteiger partial charge in [-0.25, -0.2) is 0 Å². The van der Waals surface area contributed by atoms with Crippen LogP contribution in [0.15, 0.2) is 30.3 Å². The smallest absolute Gasteiger partial charge is 0.305 e. The van der Waals surface area contributed by atoms with E-state index >= 15 is 0 Å². The van der Waals surface area contributed by atoms with E-state index in [4.69, 9.17) is 10.5 Å². The molecule has 3 heteroatoms. The molecule has 1 rings (SSSR count). The van der Waals surface area contributed by atoms with Crippen LogP contribution in [0.3, 0.4) is 0 Å². The number of ether oxygens (including phenoxy) is 1. The third-order valence-corrected chi connectivity index (χ3v) is 3.20. The van der Waals surface area contributed by atoms with Crippen molar-refractivity contribution in [1.82, 2.24) is 0 Å². The van der Waals surface area contributed by atoms with Gasteiger partial charge in [0.2, 0.25) is 0 Å². The summed E-state index contributed by atoms with van der Waals surface area (Å²) < 4.78 is 5.25. The van der Waals surface area contributed by atoms with Crippen molar-refractivity contribution in [2.75, 3.05) is 6.61 Å². The van der Waals surface area contributed by atoms with Crippen molar-refractivity contribution < 1.29 is 9.53 Å². The largest absolute Gasteiger partial charge is 0.465 e. The van der Waals surface area contributed by atoms with E-state index in [1.54, 1.807) is 0 Å². The summed E-state index contributed by atoms with van der Waals surface area (Å²) in [5.41, 5.74) is 7.10. The highest BCUT2D eigenvalue weighted by Crippen LogP contribution is 2.15. The number of hydrogen-bond acceptors (Lipinski definition) is 3. The molecule has 2 unspecified atom stereocenters. The van der Waals surface area contributed by atoms with Crippen molar-refractivity contribution in [2.24, 2.45) is 11.7 Å². The summed E-state index contributed by atoms with van der Waals surface area (Å²) in [6, 6.07) is 9.75. The minimum atomic E-state index is -0.144. The predicted octanol–water partition coefficient (Wildman–Crippen LogP) is 3.45. The third kappa shape index (κ3) is 6.39. The molecule has 0 saturated heterocycles. The summed E-state index contributed by atoms with van der Waals surface area (Å²) in [7, 11) is 0. The van der Waals surface area contributed by atoms with E-state index in [-0.39, 0.29) is 12.0 Å². The molecule has 0 amide bonds. The zero-order valence-corrected chi connectivity index (χ0v) is 12.0. The Morgan fingerprint density at radius 1 is 1.26 bits per heavy atom. The van der Waals surface area contributed by atoms with Crippen LogP contribution < -0.4 is 5.73 Å². The lowest BCUT2D eigenvalue weighted by Gasteiger charge is -2.13. The fourth-order valence-corrected chi connectivity index (χ4v) is 2.02. The summed E-state index contributed by atoms with van der Waals surface area (Å²) in [6.45, 7) is 4.76. The standard InChI is InChI=1S/C16H25NO2/c1-3-7-13(2)12-19-16(18)11-10-15(17)14-8-5-4-6-9-14/h4-6,8-9,13,15H,3,7,10-12,17H2,1-2H3. The highest BCUT2D eigenvalue weighted by Gasteiger charge is 2.11. The van der Waals surface area contributed by atoms with Crippen LogP contribution in [-0.2, 0) is 9.53 Å². The minimum absolute atomic E-state index is 0.0955. The van der Waals surface area contributed by atoms with E-state index in [1.807, 2.05) is 30.3 Å². The van der Waals surface area contributed by atoms with Gasteiger partial charge in [-0.1, -0.05) is 50.6 Å². The van der Waals surface area contributed by atoms with Gasteiger partial charge in [-0.2, -0.15) is 0 Å². The van der Waals surface area contributed by atoms with Crippen molar-refractivity contribution in [1.29, 1.82) is 0 Å². The van der Waals surface area contributed by atoms with Crippen LogP contribution in [0.1, 0.15) is 51.1 Å². The number of benzene rings is 1. The zero-order valence-electron chi connectivity index (χ0n) is 12.0. The molecular formula is C16H25NO2. The number of rotatable bonds is 8. The molecule has 2 atom stereocenters. The molecular weight excluding hydrogens is 238 g/mol. The first-order chi connectivity index (χ1) is 9.13. The molecule has 0 aliphatic rings. The molecule has 2 N–H and O–H groups in total. The van der Waals surface area contributed by atoms with E-state index in [2.05, 4.69) is 13.8 Å². The molecule has 0 fully saturated rings. The first-order valence-electron chi connectivity index (χ1n) is 7.09. The lowest BCUT2D eigenvalue weighted by atomic mass is 10.0. The van der Waals surface area contributed by atoms with E-state index in [9.17, 15) is 4.79 Å². The summed E-state index contributed by atoms with van der Waals surface area (Å²) in [5, 5.41) is 0. The van der Waals surface area contributed by atoms with Crippen molar-refractivity contribution in [2.45, 2.75) is 45.6 Å². The summed E-state index contributed by atoms with van der Waals surface area (Å²) >= 11 is 0. The van der Waals surface area contributed by atoms with Gasteiger partial charge >= 0.3 is 5.97 Å². The molecule has 0 aliphatic carbocycles. The third-order valence-electron chi connectivity index (χ3n) is 3.20. The van der Waals surface area contributed by atoms with Crippen LogP contribution >= 0.6 is 0 Å². The average Bonchev–Trinajstić information content (AvgIpc) is 2.44. The Morgan fingerprint density at radius 2 is 1.95 bits per heavy atom. The SMILES string of the molecule is CCCC(C)COC(=O)CCC(N)c1ccccc1. The Morgan fingerprint density at radius 3 is 2.58 bits per heavy atom. The molecule has 0 aromatic heterocycles. The molecule has 106 valence electrons. The molecule has 0 spiro atoms. The Labute approximate surface area is 116 Å². The van der Waals surface area contributed by atoms with Gasteiger partial charge in [-0.15, -0.1) is 0 Å². The van der Waals surface area contributed by atoms with Gasteiger partial charge in [0.15, 0.2) is 0 Å². The lowest BCUT2D eigenvalue weighted by molar-refractivity contribution is -0.145. The van der Waals surface area contributed by atoms with Crippen molar-refractivity contribution in [3.63, 3.8) is 0 Å². The van der Waals surface area contributed by atoms with E-state index in [1.165, 1.54) is 0 Å². The van der Waals surface area contributed by atoms with E-state index in [0.717, 1.165) is 18.4 Å². The molecule has 0 radical (unpaired) electrons. The topological polar surface area (TPSA) is 52.3 Å². The second-order valence-corrected chi connectivity index (χ2v) is 5.13. The Balaban J connectivity index is 2.23. The summed E-state index contributed by atoms with van der Waals surface area (Å²) in [5.74, 6) is 0.297. The summed E-state index contributed by atoms with van der Waals surface area (Å²) in [6.07, 6.45) is 3.23. The van der Waals surface area contributed by atoms with Gasteiger partial charge in [-0.05, 0) is 24.3 Å². The number of hydrogen-bond donors (Lipinski definition) is 1. The Hall–Kier alpha value is -1.35. The van der Waals surface area contributed by atoms with Gasteiger partial charge in [0, 0.05) is 12.5 Å². The number of esters is 1. The monoisotopic (exact) mass is 263 g/mol. The number of carbonyl (C=O) groups excluding carboxylic acids is 1. The van der Waals surface area contributed by atoms with Gasteiger partial charge in [0.05, 0.1) is 6.61 Å². The molecule has 0 aliphatic heterocycles. The average molecular weight is 263 g/mol. The molecule has 3 nitrogen and oxygen atoms in total. The van der Waals surface area contributed by atoms with Crippen molar-refractivity contribution in [3.05, 3.63) is 35.9 Å². The van der Waals surface area contributed by atoms with Crippen LogP contribution in [0.5, 0.6) is 0 Å². The first-order valence-corrected chi connectivity index (χ1v) is 7.09. The van der Waals surface area contributed by atoms with Gasteiger partial charge in [0.25, 0.3) is 0 Å². The van der Waals surface area contributed by atoms with Crippen LogP contribution in [0.25, 0.3) is 0 Å². The minimum Gasteiger partial charge on any atom is -0.465 e. The normalized spacial score (nSPS) is 13.8. The van der Waals surface area contributed by atoms with E-state index in [0.29, 0.717) is 25.4 Å². The maximum atomic E-state index is 11.6. The molecule has 0 heterocycles. The highest BCUT2D eigenvalue weighted by atomic mass is 16.5. The molecule has 0 saturated carbocycles. The number of carbonyl (C=O) groups is 1. The maximum absolute atomic E-state index is 11.6. The maximum Gasteiger partial charge on any atom is 0.305 e. The van der Waals surface area contributed by atoms with E-state index < -0.39 is 0 Å². The quantitative estimate of drug-likeness (QED) is 0.731. The van der Waals surface area contributed by atoms with Gasteiger partial charge < -0.3 is 10.5 Å². The molecule has 0 bridgehead atoms. The van der Waals surface area contributed by atoms with Crippen molar-refractivity contribution >= 4 is 5.97 Å². The molecule has 1 aromatic carbocycles. The fourth-order valence-electron chi connectivity index (χ4n) is 2.02. The Bertz CT molecular complexity index is 364. The zero-order chi connectivity index (χ0) is 14.1. The fraction of sp³-hybridized carbons (Fsp3) is 0.562. The Kier molecular flexibility index (Phi) is 7.19. The second-order valence-electron chi connectivity index (χ2n) is 5.13. The van der Waals surface area contributed by atoms with Crippen LogP contribution in [0.4, 0.5) is 0 Å². The lowest BCUT2D eigenvalue weighted by Crippen LogP contribution is -2.15. The molecule has 19 heavy (non-hydrogen) atoms. The predicted molar refractivity (Wildman–Crippen MR) is 77.6 cm³/mol. The first kappa shape index (κ1) is 15.7. The molecule has 1 aromatic rings. The van der Waals surface area contributed by atoms with Gasteiger partial charge in [0.1, 0.15) is 0 Å². The second kappa shape index (κ2) is 8.70. The van der Waals surface area contributed by atoms with Gasteiger partial charge in [-0.3, -0.25) is 4.79 Å². The van der Waals surface area contributed by atoms with Crippen LogP contribution in [0, 0.1) is 5.92 Å². The summed E-state index contributed by atoms with van der Waals surface area (Å²) in [4.78, 5) is 11.6. The van der Waals surface area contributed by atoms with Crippen molar-refractivity contribution in [3.8, 4) is 0 Å². The number of nitrogens with two attached hydrogens (primary N) is 1. The van der Waals surface area contributed by atoms with Crippen LogP contribution in [-0.4, -0.2) is 12.6 Å². The van der Waals surface area contributed by atoms with Crippen LogP contribution in [0.2, 0.25) is 0 Å². The highest BCUT2D eigenvalue weighted by molar-refractivity contribution is 5.69.